The fourth-order valence-corrected chi connectivity index (χ4v) is 5.90. The van der Waals surface area contributed by atoms with Crippen LogP contribution in [0, 0.1) is 6.92 Å². The second-order valence-electron chi connectivity index (χ2n) is 10.4. The number of fused-ring (bicyclic) bond motifs is 4. The number of hydrogen-bond acceptors (Lipinski definition) is 9. The van der Waals surface area contributed by atoms with Crippen molar-refractivity contribution in [2.75, 3.05) is 5.32 Å². The molecule has 0 radical (unpaired) electrons. The van der Waals surface area contributed by atoms with Gasteiger partial charge >= 0.3 is 0 Å². The number of nitrogens with one attached hydrogen (secondary N) is 1. The number of hydrogen-bond donors (Lipinski definition) is 1. The first-order valence-corrected chi connectivity index (χ1v) is 13.6. The van der Waals surface area contributed by atoms with Crippen molar-refractivity contribution in [2.45, 2.75) is 50.8 Å². The molecule has 1 N–H and O–H groups in total. The summed E-state index contributed by atoms with van der Waals surface area (Å²) in [4.78, 5) is 32.1. The largest absolute Gasteiger partial charge is 0.474 e. The van der Waals surface area contributed by atoms with E-state index in [1.165, 1.54) is 18.7 Å². The van der Waals surface area contributed by atoms with Gasteiger partial charge in [0.25, 0.3) is 0 Å². The molecule has 206 valence electrons. The fraction of sp³-hybridized carbons (Fsp3) is 0.267. The summed E-state index contributed by atoms with van der Waals surface area (Å²) in [6, 6.07) is 13.6. The molecular formula is C30H28N8O3. The first-order chi connectivity index (χ1) is 20.0. The highest BCUT2D eigenvalue weighted by atomic mass is 16.5. The summed E-state index contributed by atoms with van der Waals surface area (Å²) in [5, 5.41) is 7.49. The van der Waals surface area contributed by atoms with Gasteiger partial charge in [-0.1, -0.05) is 6.58 Å². The lowest BCUT2D eigenvalue weighted by atomic mass is 9.99. The minimum absolute atomic E-state index is 0.00647. The highest BCUT2D eigenvalue weighted by Gasteiger charge is 2.43. The predicted molar refractivity (Wildman–Crippen MR) is 152 cm³/mol. The van der Waals surface area contributed by atoms with E-state index in [0.29, 0.717) is 34.1 Å². The third-order valence-corrected chi connectivity index (χ3v) is 7.78. The number of carbonyl (C=O) groups excluding carboxylic acids is 1. The maximum absolute atomic E-state index is 12.3. The molecule has 6 heterocycles. The SMILES string of the molecule is C=CC(=O)N1C2CCC1CC(Oc1ccc3ncnc(Nc4ccc(Oc5ccn6ncnc6c5)c(C)c4)c3n1)C2. The third kappa shape index (κ3) is 4.79. The van der Waals surface area contributed by atoms with Gasteiger partial charge in [-0.2, -0.15) is 5.10 Å². The number of aryl methyl sites for hydroxylation is 1. The fourth-order valence-electron chi connectivity index (χ4n) is 5.90. The topological polar surface area (TPSA) is 120 Å². The number of pyridine rings is 2. The van der Waals surface area contributed by atoms with E-state index in [2.05, 4.69) is 31.9 Å². The number of rotatable bonds is 7. The van der Waals surface area contributed by atoms with E-state index in [9.17, 15) is 4.79 Å². The van der Waals surface area contributed by atoms with E-state index < -0.39 is 0 Å². The predicted octanol–water partition coefficient (Wildman–Crippen LogP) is 5.00. The molecule has 11 heteroatoms. The van der Waals surface area contributed by atoms with Crippen molar-refractivity contribution in [3.05, 3.63) is 79.5 Å². The Balaban J connectivity index is 1.08. The number of amides is 1. The van der Waals surface area contributed by atoms with Crippen LogP contribution >= 0.6 is 0 Å². The lowest BCUT2D eigenvalue weighted by molar-refractivity contribution is -0.131. The molecule has 2 atom stereocenters. The monoisotopic (exact) mass is 548 g/mol. The molecule has 2 aliphatic heterocycles. The van der Waals surface area contributed by atoms with Crippen molar-refractivity contribution in [1.29, 1.82) is 0 Å². The Morgan fingerprint density at radius 3 is 2.71 bits per heavy atom. The third-order valence-electron chi connectivity index (χ3n) is 7.78. The number of ether oxygens (including phenoxy) is 2. The van der Waals surface area contributed by atoms with Crippen LogP contribution < -0.4 is 14.8 Å². The number of nitrogens with zero attached hydrogens (tertiary/aromatic N) is 7. The lowest BCUT2D eigenvalue weighted by Gasteiger charge is -2.38. The summed E-state index contributed by atoms with van der Waals surface area (Å²) >= 11 is 0. The van der Waals surface area contributed by atoms with Gasteiger partial charge in [-0.15, -0.1) is 0 Å². The zero-order valence-electron chi connectivity index (χ0n) is 22.5. The van der Waals surface area contributed by atoms with Crippen molar-refractivity contribution in [2.24, 2.45) is 0 Å². The van der Waals surface area contributed by atoms with Gasteiger partial charge in [0.2, 0.25) is 11.8 Å². The van der Waals surface area contributed by atoms with Crippen molar-refractivity contribution < 1.29 is 14.3 Å². The molecule has 2 saturated heterocycles. The molecule has 1 amide bonds. The van der Waals surface area contributed by atoms with Gasteiger partial charge in [0, 0.05) is 48.9 Å². The maximum atomic E-state index is 12.3. The summed E-state index contributed by atoms with van der Waals surface area (Å²) < 4.78 is 14.1. The number of carbonyl (C=O) groups is 1. The van der Waals surface area contributed by atoms with E-state index in [1.54, 1.807) is 4.52 Å². The Bertz CT molecular complexity index is 1770. The molecule has 4 aromatic heterocycles. The van der Waals surface area contributed by atoms with E-state index in [1.807, 2.05) is 60.5 Å². The summed E-state index contributed by atoms with van der Waals surface area (Å²) in [6.45, 7) is 5.64. The van der Waals surface area contributed by atoms with Gasteiger partial charge in [-0.3, -0.25) is 4.79 Å². The molecule has 2 bridgehead atoms. The highest BCUT2D eigenvalue weighted by molar-refractivity contribution is 5.88. The summed E-state index contributed by atoms with van der Waals surface area (Å²) in [7, 11) is 0. The van der Waals surface area contributed by atoms with Gasteiger partial charge in [-0.05, 0) is 61.7 Å². The Morgan fingerprint density at radius 2 is 1.90 bits per heavy atom. The molecule has 11 nitrogen and oxygen atoms in total. The molecule has 2 aliphatic rings. The standard InChI is InChI=1S/C30H28N8O3/c1-3-28(39)38-20-5-6-21(38)14-23(13-20)41-27-9-7-24-29(36-27)30(33-16-31-24)35-19-4-8-25(18(2)12-19)40-22-10-11-37-26(15-22)32-17-34-37/h3-4,7-12,15-17,20-21,23H,1,5-6,13-14H2,2H3,(H,31,33,35). The molecule has 5 aromatic rings. The normalized spacial score (nSPS) is 19.8. The second-order valence-corrected chi connectivity index (χ2v) is 10.4. The number of piperidine rings is 1. The van der Waals surface area contributed by atoms with Gasteiger partial charge in [0.1, 0.15) is 35.8 Å². The maximum Gasteiger partial charge on any atom is 0.246 e. The van der Waals surface area contributed by atoms with Gasteiger partial charge < -0.3 is 19.7 Å². The van der Waals surface area contributed by atoms with Crippen LogP contribution in [0.5, 0.6) is 17.4 Å². The molecule has 2 unspecified atom stereocenters. The first kappa shape index (κ1) is 24.9. The first-order valence-electron chi connectivity index (χ1n) is 13.6. The molecule has 0 spiro atoms. The lowest BCUT2D eigenvalue weighted by Crippen LogP contribution is -2.48. The van der Waals surface area contributed by atoms with Crippen LogP contribution in [-0.2, 0) is 4.79 Å². The van der Waals surface area contributed by atoms with Gasteiger partial charge in [0.15, 0.2) is 11.5 Å². The average molecular weight is 549 g/mol. The van der Waals surface area contributed by atoms with Crippen LogP contribution in [0.3, 0.4) is 0 Å². The van der Waals surface area contributed by atoms with Crippen LogP contribution in [0.25, 0.3) is 16.7 Å². The highest BCUT2D eigenvalue weighted by Crippen LogP contribution is 2.38. The summed E-state index contributed by atoms with van der Waals surface area (Å²) in [6.07, 6.45) is 9.80. The van der Waals surface area contributed by atoms with E-state index in [4.69, 9.17) is 14.5 Å². The zero-order chi connectivity index (χ0) is 27.9. The minimum atomic E-state index is -0.00647. The van der Waals surface area contributed by atoms with Crippen LogP contribution in [0.2, 0.25) is 0 Å². The Hall–Kier alpha value is -5.06. The van der Waals surface area contributed by atoms with Crippen LogP contribution in [0.15, 0.2) is 74.0 Å². The Labute approximate surface area is 235 Å². The van der Waals surface area contributed by atoms with Crippen molar-refractivity contribution in [3.8, 4) is 17.4 Å². The van der Waals surface area contributed by atoms with Crippen molar-refractivity contribution in [1.82, 2.24) is 34.4 Å². The Morgan fingerprint density at radius 1 is 1.05 bits per heavy atom. The second kappa shape index (κ2) is 10.2. The molecule has 7 rings (SSSR count). The van der Waals surface area contributed by atoms with Gasteiger partial charge in [0.05, 0.1) is 5.52 Å². The smallest absolute Gasteiger partial charge is 0.246 e. The molecule has 2 fully saturated rings. The van der Waals surface area contributed by atoms with Crippen molar-refractivity contribution in [3.63, 3.8) is 0 Å². The molecule has 0 saturated carbocycles. The van der Waals surface area contributed by atoms with Gasteiger partial charge in [-0.25, -0.2) is 24.5 Å². The number of anilines is 2. The number of aromatic nitrogens is 6. The number of benzene rings is 1. The zero-order valence-corrected chi connectivity index (χ0v) is 22.5. The summed E-state index contributed by atoms with van der Waals surface area (Å²) in [5.41, 5.74) is 3.83. The molecule has 1 aromatic carbocycles. The Kier molecular flexibility index (Phi) is 6.18. The summed E-state index contributed by atoms with van der Waals surface area (Å²) in [5.74, 6) is 2.52. The quantitative estimate of drug-likeness (QED) is 0.280. The molecule has 0 aliphatic carbocycles. The van der Waals surface area contributed by atoms with Crippen LogP contribution in [-0.4, -0.2) is 58.5 Å². The molecular weight excluding hydrogens is 520 g/mol. The van der Waals surface area contributed by atoms with Crippen LogP contribution in [0.4, 0.5) is 11.5 Å². The van der Waals surface area contributed by atoms with Crippen LogP contribution in [0.1, 0.15) is 31.2 Å². The average Bonchev–Trinajstić information content (AvgIpc) is 3.55. The molecule has 41 heavy (non-hydrogen) atoms. The van der Waals surface area contributed by atoms with E-state index in [-0.39, 0.29) is 24.1 Å². The minimum Gasteiger partial charge on any atom is -0.474 e. The van der Waals surface area contributed by atoms with E-state index in [0.717, 1.165) is 42.7 Å². The van der Waals surface area contributed by atoms with E-state index >= 15 is 0 Å². The van der Waals surface area contributed by atoms with Crippen molar-refractivity contribution >= 4 is 34.1 Å².